The van der Waals surface area contributed by atoms with Gasteiger partial charge in [-0.1, -0.05) is 18.5 Å². The second-order valence-electron chi connectivity index (χ2n) is 4.61. The molecule has 1 aliphatic rings. The Bertz CT molecular complexity index is 391. The van der Waals surface area contributed by atoms with Crippen LogP contribution in [0.5, 0.6) is 11.5 Å². The Morgan fingerprint density at radius 2 is 2.28 bits per heavy atom. The molecule has 0 spiro atoms. The van der Waals surface area contributed by atoms with Gasteiger partial charge in [0.15, 0.2) is 11.5 Å². The maximum absolute atomic E-state index is 6.10. The van der Waals surface area contributed by atoms with Gasteiger partial charge < -0.3 is 14.8 Å². The zero-order valence-corrected chi connectivity index (χ0v) is 11.7. The average molecular weight is 270 g/mol. The summed E-state index contributed by atoms with van der Waals surface area (Å²) in [5, 5.41) is 4.04. The minimum atomic E-state index is 0.232. The Balaban J connectivity index is 2.10. The highest BCUT2D eigenvalue weighted by molar-refractivity contribution is 6.30. The van der Waals surface area contributed by atoms with Gasteiger partial charge in [0, 0.05) is 23.6 Å². The molecule has 1 unspecified atom stereocenters. The van der Waals surface area contributed by atoms with Gasteiger partial charge in [-0.25, -0.2) is 0 Å². The number of nitrogens with one attached hydrogen (secondary N) is 1. The second kappa shape index (κ2) is 6.30. The lowest BCUT2D eigenvalue weighted by Gasteiger charge is -2.24. The summed E-state index contributed by atoms with van der Waals surface area (Å²) in [5.74, 6) is 2.06. The second-order valence-corrected chi connectivity index (χ2v) is 5.05. The van der Waals surface area contributed by atoms with Crippen LogP contribution in [0.25, 0.3) is 0 Å². The van der Waals surface area contributed by atoms with E-state index in [1.165, 1.54) is 6.42 Å². The first-order chi connectivity index (χ1) is 8.74. The normalized spacial score (nSPS) is 20.7. The quantitative estimate of drug-likeness (QED) is 0.891. The molecule has 0 saturated carbocycles. The van der Waals surface area contributed by atoms with Gasteiger partial charge in [-0.3, -0.25) is 0 Å². The Hall–Kier alpha value is -0.930. The van der Waals surface area contributed by atoms with Crippen LogP contribution in [0.4, 0.5) is 0 Å². The van der Waals surface area contributed by atoms with Crippen molar-refractivity contribution in [3.8, 4) is 11.5 Å². The molecule has 2 rings (SSSR count). The molecule has 0 radical (unpaired) electrons. The molecule has 0 amide bonds. The van der Waals surface area contributed by atoms with Crippen molar-refractivity contribution in [3.63, 3.8) is 0 Å². The molecule has 1 N–H and O–H groups in total. The number of benzene rings is 1. The number of methoxy groups -OCH3 is 1. The van der Waals surface area contributed by atoms with Crippen LogP contribution >= 0.6 is 11.6 Å². The van der Waals surface area contributed by atoms with Gasteiger partial charge in [0.25, 0.3) is 0 Å². The lowest BCUT2D eigenvalue weighted by molar-refractivity contribution is 0.133. The van der Waals surface area contributed by atoms with Crippen LogP contribution in [0.1, 0.15) is 19.8 Å². The number of halogens is 1. The average Bonchev–Trinajstić information content (AvgIpc) is 2.91. The molecule has 0 aromatic heterocycles. The Kier molecular flexibility index (Phi) is 4.72. The van der Waals surface area contributed by atoms with Gasteiger partial charge in [0.1, 0.15) is 6.10 Å². The third-order valence-electron chi connectivity index (χ3n) is 3.43. The fourth-order valence-corrected chi connectivity index (χ4v) is 2.57. The maximum Gasteiger partial charge on any atom is 0.162 e. The van der Waals surface area contributed by atoms with Crippen molar-refractivity contribution in [2.75, 3.05) is 20.2 Å². The molecule has 100 valence electrons. The van der Waals surface area contributed by atoms with Gasteiger partial charge in [-0.2, -0.15) is 0 Å². The van der Waals surface area contributed by atoms with Crippen molar-refractivity contribution in [2.45, 2.75) is 25.9 Å². The van der Waals surface area contributed by atoms with Gasteiger partial charge in [-0.15, -0.1) is 0 Å². The van der Waals surface area contributed by atoms with Crippen molar-refractivity contribution >= 4 is 11.6 Å². The number of ether oxygens (including phenoxy) is 2. The summed E-state index contributed by atoms with van der Waals surface area (Å²) < 4.78 is 11.4. The molecular formula is C14H20ClNO2. The Morgan fingerprint density at radius 1 is 1.44 bits per heavy atom. The fourth-order valence-electron chi connectivity index (χ4n) is 2.41. The minimum absolute atomic E-state index is 0.232. The van der Waals surface area contributed by atoms with E-state index in [2.05, 4.69) is 12.2 Å². The molecule has 3 nitrogen and oxygen atoms in total. The minimum Gasteiger partial charge on any atom is -0.493 e. The predicted octanol–water partition coefficient (Wildman–Crippen LogP) is 3.12. The van der Waals surface area contributed by atoms with Gasteiger partial charge in [-0.05, 0) is 31.5 Å². The van der Waals surface area contributed by atoms with E-state index in [4.69, 9.17) is 21.1 Å². The standard InChI is InChI=1S/C14H20ClNO2/c1-3-12(10-6-7-16-9-10)18-13-5-4-11(15)8-14(13)17-2/h4-5,8,10,12,16H,3,6-7,9H2,1-2H3/t10?,12-/m0/s1. The number of hydrogen-bond acceptors (Lipinski definition) is 3. The van der Waals surface area contributed by atoms with Crippen LogP contribution in [0.15, 0.2) is 18.2 Å². The van der Waals surface area contributed by atoms with Crippen LogP contribution in [-0.4, -0.2) is 26.3 Å². The third-order valence-corrected chi connectivity index (χ3v) is 3.67. The van der Waals surface area contributed by atoms with E-state index in [1.54, 1.807) is 13.2 Å². The fraction of sp³-hybridized carbons (Fsp3) is 0.571. The van der Waals surface area contributed by atoms with Crippen LogP contribution in [-0.2, 0) is 0 Å². The molecule has 1 aromatic carbocycles. The van der Waals surface area contributed by atoms with E-state index in [0.717, 1.165) is 25.3 Å². The Labute approximate surface area is 113 Å². The summed E-state index contributed by atoms with van der Waals surface area (Å²) in [6, 6.07) is 5.50. The van der Waals surface area contributed by atoms with Crippen LogP contribution in [0.3, 0.4) is 0 Å². The molecule has 1 aromatic rings. The predicted molar refractivity (Wildman–Crippen MR) is 73.7 cm³/mol. The third kappa shape index (κ3) is 3.09. The highest BCUT2D eigenvalue weighted by Crippen LogP contribution is 2.32. The molecular weight excluding hydrogens is 250 g/mol. The lowest BCUT2D eigenvalue weighted by atomic mass is 9.99. The highest BCUT2D eigenvalue weighted by atomic mass is 35.5. The Morgan fingerprint density at radius 3 is 2.89 bits per heavy atom. The molecule has 1 saturated heterocycles. The summed E-state index contributed by atoms with van der Waals surface area (Å²) in [6.07, 6.45) is 2.40. The first-order valence-electron chi connectivity index (χ1n) is 6.45. The number of rotatable bonds is 5. The molecule has 18 heavy (non-hydrogen) atoms. The molecule has 0 bridgehead atoms. The van der Waals surface area contributed by atoms with Gasteiger partial charge in [0.05, 0.1) is 7.11 Å². The first-order valence-corrected chi connectivity index (χ1v) is 6.83. The lowest BCUT2D eigenvalue weighted by Crippen LogP contribution is -2.28. The summed E-state index contributed by atoms with van der Waals surface area (Å²) in [4.78, 5) is 0. The number of hydrogen-bond donors (Lipinski definition) is 1. The summed E-state index contributed by atoms with van der Waals surface area (Å²) in [5.41, 5.74) is 0. The van der Waals surface area contributed by atoms with E-state index in [-0.39, 0.29) is 6.10 Å². The van der Waals surface area contributed by atoms with E-state index >= 15 is 0 Å². The van der Waals surface area contributed by atoms with Crippen LogP contribution < -0.4 is 14.8 Å². The van der Waals surface area contributed by atoms with Gasteiger partial charge in [0.2, 0.25) is 0 Å². The van der Waals surface area contributed by atoms with Crippen LogP contribution in [0.2, 0.25) is 5.02 Å². The van der Waals surface area contributed by atoms with E-state index in [1.807, 2.05) is 12.1 Å². The zero-order chi connectivity index (χ0) is 13.0. The molecule has 1 aliphatic heterocycles. The zero-order valence-electron chi connectivity index (χ0n) is 10.9. The molecule has 1 heterocycles. The summed E-state index contributed by atoms with van der Waals surface area (Å²) >= 11 is 5.95. The van der Waals surface area contributed by atoms with Crippen molar-refractivity contribution in [1.82, 2.24) is 5.32 Å². The molecule has 1 fully saturated rings. The summed E-state index contributed by atoms with van der Waals surface area (Å²) in [6.45, 7) is 4.28. The first kappa shape index (κ1) is 13.5. The van der Waals surface area contributed by atoms with Crippen molar-refractivity contribution in [2.24, 2.45) is 5.92 Å². The SMILES string of the molecule is CC[C@H](Oc1ccc(Cl)cc1OC)C1CCNC1. The van der Waals surface area contributed by atoms with E-state index < -0.39 is 0 Å². The topological polar surface area (TPSA) is 30.5 Å². The van der Waals surface area contributed by atoms with Crippen molar-refractivity contribution in [1.29, 1.82) is 0 Å². The van der Waals surface area contributed by atoms with Crippen molar-refractivity contribution in [3.05, 3.63) is 23.2 Å². The van der Waals surface area contributed by atoms with Crippen LogP contribution in [0, 0.1) is 5.92 Å². The summed E-state index contributed by atoms with van der Waals surface area (Å²) in [7, 11) is 1.64. The van der Waals surface area contributed by atoms with Gasteiger partial charge >= 0.3 is 0 Å². The van der Waals surface area contributed by atoms with E-state index in [0.29, 0.717) is 16.7 Å². The molecule has 4 heteroatoms. The smallest absolute Gasteiger partial charge is 0.162 e. The molecule has 0 aliphatic carbocycles. The highest BCUT2D eigenvalue weighted by Gasteiger charge is 2.25. The van der Waals surface area contributed by atoms with Crippen molar-refractivity contribution < 1.29 is 9.47 Å². The van der Waals surface area contributed by atoms with E-state index in [9.17, 15) is 0 Å². The maximum atomic E-state index is 6.10. The largest absolute Gasteiger partial charge is 0.493 e. The molecule has 2 atom stereocenters. The monoisotopic (exact) mass is 269 g/mol.